The summed E-state index contributed by atoms with van der Waals surface area (Å²) in [4.78, 5) is 11.7. The molecular formula is C15H19OP. The Bertz CT molecular complexity index is 429. The van der Waals surface area contributed by atoms with Gasteiger partial charge in [-0.1, -0.05) is 38.3 Å². The second-order valence-electron chi connectivity index (χ2n) is 4.78. The van der Waals surface area contributed by atoms with Crippen LogP contribution in [0.2, 0.25) is 0 Å². The SMILES string of the molecule is CP(C)c1ccc(CC2=CCCCC2=O)cc1. The van der Waals surface area contributed by atoms with E-state index in [-0.39, 0.29) is 7.92 Å². The summed E-state index contributed by atoms with van der Waals surface area (Å²) < 4.78 is 0. The van der Waals surface area contributed by atoms with Gasteiger partial charge in [0.05, 0.1) is 0 Å². The molecule has 0 saturated heterocycles. The van der Waals surface area contributed by atoms with E-state index in [1.165, 1.54) is 10.9 Å². The second-order valence-corrected chi connectivity index (χ2v) is 7.09. The van der Waals surface area contributed by atoms with Crippen molar-refractivity contribution >= 4 is 19.0 Å². The van der Waals surface area contributed by atoms with Crippen LogP contribution >= 0.6 is 7.92 Å². The Balaban J connectivity index is 2.08. The maximum Gasteiger partial charge on any atom is 0.158 e. The van der Waals surface area contributed by atoms with Crippen molar-refractivity contribution in [3.63, 3.8) is 0 Å². The smallest absolute Gasteiger partial charge is 0.158 e. The Morgan fingerprint density at radius 3 is 2.47 bits per heavy atom. The van der Waals surface area contributed by atoms with E-state index in [1.54, 1.807) is 0 Å². The highest BCUT2D eigenvalue weighted by Gasteiger charge is 2.13. The molecule has 2 rings (SSSR count). The monoisotopic (exact) mass is 246 g/mol. The van der Waals surface area contributed by atoms with Gasteiger partial charge >= 0.3 is 0 Å². The predicted octanol–water partition coefficient (Wildman–Crippen LogP) is 3.28. The van der Waals surface area contributed by atoms with E-state index in [1.807, 2.05) is 0 Å². The number of carbonyl (C=O) groups excluding carboxylic acids is 1. The summed E-state index contributed by atoms with van der Waals surface area (Å²) in [5.41, 5.74) is 2.27. The van der Waals surface area contributed by atoms with Gasteiger partial charge in [-0.2, -0.15) is 0 Å². The summed E-state index contributed by atoms with van der Waals surface area (Å²) in [7, 11) is -0.0178. The van der Waals surface area contributed by atoms with Gasteiger partial charge in [-0.25, -0.2) is 0 Å². The first-order valence-electron chi connectivity index (χ1n) is 6.15. The summed E-state index contributed by atoms with van der Waals surface area (Å²) in [5.74, 6) is 0.341. The molecular weight excluding hydrogens is 227 g/mol. The summed E-state index contributed by atoms with van der Waals surface area (Å²) in [6.07, 6.45) is 5.75. The number of ketones is 1. The van der Waals surface area contributed by atoms with E-state index in [0.717, 1.165) is 31.3 Å². The first-order chi connectivity index (χ1) is 8.16. The van der Waals surface area contributed by atoms with Crippen LogP contribution in [0.1, 0.15) is 24.8 Å². The van der Waals surface area contributed by atoms with Crippen molar-refractivity contribution in [3.05, 3.63) is 41.5 Å². The minimum atomic E-state index is -0.0178. The van der Waals surface area contributed by atoms with Crippen LogP contribution in [0.25, 0.3) is 0 Å². The van der Waals surface area contributed by atoms with Crippen molar-refractivity contribution in [2.24, 2.45) is 0 Å². The van der Waals surface area contributed by atoms with Crippen molar-refractivity contribution in [2.75, 3.05) is 13.3 Å². The van der Waals surface area contributed by atoms with Gasteiger partial charge in [0.1, 0.15) is 0 Å². The van der Waals surface area contributed by atoms with Gasteiger partial charge in [0.2, 0.25) is 0 Å². The van der Waals surface area contributed by atoms with Crippen LogP contribution in [0.4, 0.5) is 0 Å². The fourth-order valence-electron chi connectivity index (χ4n) is 2.12. The molecule has 0 bridgehead atoms. The summed E-state index contributed by atoms with van der Waals surface area (Å²) in [6.45, 7) is 4.52. The van der Waals surface area contributed by atoms with E-state index in [2.05, 4.69) is 43.7 Å². The van der Waals surface area contributed by atoms with Crippen molar-refractivity contribution < 1.29 is 4.79 Å². The zero-order valence-electron chi connectivity index (χ0n) is 10.6. The van der Waals surface area contributed by atoms with Gasteiger partial charge in [-0.15, -0.1) is 0 Å². The van der Waals surface area contributed by atoms with Gasteiger partial charge < -0.3 is 0 Å². The molecule has 0 amide bonds. The summed E-state index contributed by atoms with van der Waals surface area (Å²) >= 11 is 0. The third kappa shape index (κ3) is 3.26. The minimum absolute atomic E-state index is 0.0178. The number of rotatable bonds is 3. The first kappa shape index (κ1) is 12.5. The van der Waals surface area contributed by atoms with E-state index in [9.17, 15) is 4.79 Å². The van der Waals surface area contributed by atoms with E-state index in [0.29, 0.717) is 5.78 Å². The lowest BCUT2D eigenvalue weighted by Gasteiger charge is -2.12. The van der Waals surface area contributed by atoms with Crippen LogP contribution in [0.5, 0.6) is 0 Å². The first-order valence-corrected chi connectivity index (χ1v) is 8.39. The quantitative estimate of drug-likeness (QED) is 0.748. The maximum absolute atomic E-state index is 11.7. The van der Waals surface area contributed by atoms with E-state index >= 15 is 0 Å². The van der Waals surface area contributed by atoms with Gasteiger partial charge in [-0.3, -0.25) is 4.79 Å². The molecule has 0 spiro atoms. The third-order valence-electron chi connectivity index (χ3n) is 3.20. The van der Waals surface area contributed by atoms with E-state index < -0.39 is 0 Å². The maximum atomic E-state index is 11.7. The normalized spacial score (nSPS) is 16.2. The molecule has 0 N–H and O–H groups in total. The molecule has 1 aliphatic carbocycles. The highest BCUT2D eigenvalue weighted by atomic mass is 31.1. The summed E-state index contributed by atoms with van der Waals surface area (Å²) in [6, 6.07) is 8.74. The Hall–Kier alpha value is -0.940. The Morgan fingerprint density at radius 2 is 1.88 bits per heavy atom. The zero-order valence-corrected chi connectivity index (χ0v) is 11.5. The van der Waals surface area contributed by atoms with Gasteiger partial charge in [-0.05, 0) is 42.6 Å². The number of Topliss-reactive ketones (excluding diaryl/α,β-unsaturated/α-hetero) is 1. The Morgan fingerprint density at radius 1 is 1.18 bits per heavy atom. The molecule has 1 aliphatic rings. The van der Waals surface area contributed by atoms with Crippen LogP contribution in [0.3, 0.4) is 0 Å². The number of benzene rings is 1. The molecule has 17 heavy (non-hydrogen) atoms. The fourth-order valence-corrected chi connectivity index (χ4v) is 2.86. The predicted molar refractivity (Wildman–Crippen MR) is 75.5 cm³/mol. The molecule has 1 nitrogen and oxygen atoms in total. The lowest BCUT2D eigenvalue weighted by molar-refractivity contribution is -0.116. The molecule has 0 fully saturated rings. The molecule has 1 aromatic rings. The molecule has 0 heterocycles. The topological polar surface area (TPSA) is 17.1 Å². The largest absolute Gasteiger partial charge is 0.295 e. The standard InChI is InChI=1S/C15H19OP/c1-17(2)14-9-7-12(8-10-14)11-13-5-3-4-6-15(13)16/h5,7-10H,3-4,6,11H2,1-2H3. The highest BCUT2D eigenvalue weighted by molar-refractivity contribution is 7.64. The number of allylic oxidation sites excluding steroid dienone is 2. The molecule has 1 aromatic carbocycles. The van der Waals surface area contributed by atoms with Crippen LogP contribution in [0.15, 0.2) is 35.9 Å². The summed E-state index contributed by atoms with van der Waals surface area (Å²) in [5, 5.41) is 1.42. The molecule has 2 heteroatoms. The molecule has 90 valence electrons. The number of hydrogen-bond donors (Lipinski definition) is 0. The number of hydrogen-bond acceptors (Lipinski definition) is 1. The number of carbonyl (C=O) groups is 1. The average molecular weight is 246 g/mol. The lowest BCUT2D eigenvalue weighted by atomic mass is 9.93. The van der Waals surface area contributed by atoms with Crippen LogP contribution in [-0.2, 0) is 11.2 Å². The lowest BCUT2D eigenvalue weighted by Crippen LogP contribution is -2.09. The van der Waals surface area contributed by atoms with Gasteiger partial charge in [0.15, 0.2) is 5.78 Å². The molecule has 0 aliphatic heterocycles. The van der Waals surface area contributed by atoms with Crippen LogP contribution in [0, 0.1) is 0 Å². The molecule has 0 atom stereocenters. The Labute approximate surface area is 105 Å². The van der Waals surface area contributed by atoms with Crippen LogP contribution in [-0.4, -0.2) is 19.1 Å². The van der Waals surface area contributed by atoms with Crippen molar-refractivity contribution in [2.45, 2.75) is 25.7 Å². The fraction of sp³-hybridized carbons (Fsp3) is 0.400. The molecule has 0 saturated carbocycles. The Kier molecular flexibility index (Phi) is 4.12. The third-order valence-corrected chi connectivity index (χ3v) is 4.54. The average Bonchev–Trinajstić information content (AvgIpc) is 2.33. The van der Waals surface area contributed by atoms with Gasteiger partial charge in [0.25, 0.3) is 0 Å². The zero-order chi connectivity index (χ0) is 12.3. The van der Waals surface area contributed by atoms with E-state index in [4.69, 9.17) is 0 Å². The van der Waals surface area contributed by atoms with Crippen molar-refractivity contribution in [1.82, 2.24) is 0 Å². The van der Waals surface area contributed by atoms with Gasteiger partial charge in [0, 0.05) is 12.8 Å². The minimum Gasteiger partial charge on any atom is -0.295 e. The van der Waals surface area contributed by atoms with Crippen LogP contribution < -0.4 is 5.30 Å². The molecule has 0 radical (unpaired) electrons. The van der Waals surface area contributed by atoms with Crippen molar-refractivity contribution in [3.8, 4) is 0 Å². The second kappa shape index (κ2) is 5.60. The molecule has 0 aromatic heterocycles. The van der Waals surface area contributed by atoms with Crippen molar-refractivity contribution in [1.29, 1.82) is 0 Å². The molecule has 0 unspecified atom stereocenters. The highest BCUT2D eigenvalue weighted by Crippen LogP contribution is 2.24.